The first-order chi connectivity index (χ1) is 7.38. The van der Waals surface area contributed by atoms with Crippen molar-refractivity contribution in [2.45, 2.75) is 19.9 Å². The van der Waals surface area contributed by atoms with Crippen LogP contribution in [0.2, 0.25) is 0 Å². The fourth-order valence-corrected chi connectivity index (χ4v) is 1.46. The smallest absolute Gasteiger partial charge is 0.308 e. The van der Waals surface area contributed by atoms with Crippen molar-refractivity contribution in [3.63, 3.8) is 0 Å². The van der Waals surface area contributed by atoms with Crippen LogP contribution < -0.4 is 11.1 Å². The van der Waals surface area contributed by atoms with Crippen molar-refractivity contribution in [2.24, 2.45) is 17.1 Å². The van der Waals surface area contributed by atoms with Crippen molar-refractivity contribution in [2.75, 3.05) is 19.8 Å². The first-order valence-corrected chi connectivity index (χ1v) is 5.22. The minimum atomic E-state index is -0.933. The van der Waals surface area contributed by atoms with Crippen LogP contribution in [-0.4, -0.2) is 42.8 Å². The topological polar surface area (TPSA) is 102 Å². The van der Waals surface area contributed by atoms with E-state index >= 15 is 0 Å². The van der Waals surface area contributed by atoms with Crippen LogP contribution in [0.25, 0.3) is 0 Å². The minimum Gasteiger partial charge on any atom is -0.481 e. The van der Waals surface area contributed by atoms with Crippen molar-refractivity contribution < 1.29 is 19.4 Å². The minimum absolute atomic E-state index is 0.108. The Balaban J connectivity index is 2.49. The maximum atomic E-state index is 11.8. The summed E-state index contributed by atoms with van der Waals surface area (Å²) < 4.78 is 5.15. The fourth-order valence-electron chi connectivity index (χ4n) is 1.46. The lowest BCUT2D eigenvalue weighted by atomic mass is 9.85. The Bertz CT molecular complexity index is 295. The summed E-state index contributed by atoms with van der Waals surface area (Å²) in [5.41, 5.74) is 5.03. The third kappa shape index (κ3) is 2.51. The predicted octanol–water partition coefficient (Wildman–Crippen LogP) is -0.813. The molecule has 0 aromatic rings. The zero-order valence-electron chi connectivity index (χ0n) is 9.53. The summed E-state index contributed by atoms with van der Waals surface area (Å²) in [5, 5.41) is 11.3. The molecule has 3 atom stereocenters. The average Bonchev–Trinajstić information content (AvgIpc) is 2.56. The highest BCUT2D eigenvalue weighted by Gasteiger charge is 2.44. The summed E-state index contributed by atoms with van der Waals surface area (Å²) >= 11 is 0. The van der Waals surface area contributed by atoms with Gasteiger partial charge in [0, 0.05) is 12.6 Å². The van der Waals surface area contributed by atoms with Crippen LogP contribution >= 0.6 is 0 Å². The molecule has 1 fully saturated rings. The Labute approximate surface area is 94.1 Å². The number of carbonyl (C=O) groups excluding carboxylic acids is 1. The summed E-state index contributed by atoms with van der Waals surface area (Å²) in [6.45, 7) is 4.01. The maximum Gasteiger partial charge on any atom is 0.308 e. The van der Waals surface area contributed by atoms with Gasteiger partial charge in [-0.3, -0.25) is 9.59 Å². The molecule has 0 aliphatic carbocycles. The maximum absolute atomic E-state index is 11.8. The lowest BCUT2D eigenvalue weighted by Crippen LogP contribution is -2.51. The van der Waals surface area contributed by atoms with Crippen LogP contribution in [0, 0.1) is 11.3 Å². The van der Waals surface area contributed by atoms with Crippen molar-refractivity contribution in [3.8, 4) is 0 Å². The lowest BCUT2D eigenvalue weighted by molar-refractivity contribution is -0.141. The Kier molecular flexibility index (Phi) is 3.88. The van der Waals surface area contributed by atoms with Gasteiger partial charge in [0.1, 0.15) is 0 Å². The molecule has 1 amide bonds. The van der Waals surface area contributed by atoms with E-state index in [1.165, 1.54) is 6.92 Å². The van der Waals surface area contributed by atoms with E-state index in [0.717, 1.165) is 0 Å². The molecule has 1 aliphatic rings. The number of hydrogen-bond donors (Lipinski definition) is 3. The second kappa shape index (κ2) is 4.80. The first kappa shape index (κ1) is 12.9. The highest BCUT2D eigenvalue weighted by molar-refractivity contribution is 5.84. The van der Waals surface area contributed by atoms with Gasteiger partial charge >= 0.3 is 5.97 Å². The van der Waals surface area contributed by atoms with E-state index in [1.807, 2.05) is 0 Å². The van der Waals surface area contributed by atoms with E-state index in [9.17, 15) is 9.59 Å². The summed E-state index contributed by atoms with van der Waals surface area (Å²) in [5.74, 6) is -1.78. The molecular weight excluding hydrogens is 212 g/mol. The molecule has 16 heavy (non-hydrogen) atoms. The van der Waals surface area contributed by atoms with E-state index < -0.39 is 17.3 Å². The normalized spacial score (nSPS) is 31.1. The fraction of sp³-hybridized carbons (Fsp3) is 0.800. The summed E-state index contributed by atoms with van der Waals surface area (Å²) in [6, 6.07) is -0.340. The number of aliphatic carboxylic acids is 1. The zero-order chi connectivity index (χ0) is 12.3. The summed E-state index contributed by atoms with van der Waals surface area (Å²) in [6.07, 6.45) is 0. The van der Waals surface area contributed by atoms with Gasteiger partial charge in [0.25, 0.3) is 0 Å². The third-order valence-electron chi connectivity index (χ3n) is 3.03. The SMILES string of the molecule is CC(CNC(=O)C1(C)COCC1N)C(=O)O. The standard InChI is InChI=1S/C10H18N2O4/c1-6(8(13)14)3-12-9(15)10(2)5-16-4-7(10)11/h6-7H,3-5,11H2,1-2H3,(H,12,15)(H,13,14). The largest absolute Gasteiger partial charge is 0.481 e. The van der Waals surface area contributed by atoms with E-state index in [1.54, 1.807) is 6.92 Å². The van der Waals surface area contributed by atoms with Gasteiger partial charge in [-0.2, -0.15) is 0 Å². The van der Waals surface area contributed by atoms with Crippen LogP contribution in [0.5, 0.6) is 0 Å². The van der Waals surface area contributed by atoms with Gasteiger partial charge in [0.15, 0.2) is 0 Å². The average molecular weight is 230 g/mol. The Morgan fingerprint density at radius 2 is 2.31 bits per heavy atom. The van der Waals surface area contributed by atoms with Crippen LogP contribution in [0.3, 0.4) is 0 Å². The highest BCUT2D eigenvalue weighted by Crippen LogP contribution is 2.27. The van der Waals surface area contributed by atoms with Crippen LogP contribution in [-0.2, 0) is 14.3 Å². The lowest BCUT2D eigenvalue weighted by Gasteiger charge is -2.25. The van der Waals surface area contributed by atoms with Gasteiger partial charge in [-0.1, -0.05) is 6.92 Å². The molecule has 1 saturated heterocycles. The second-order valence-electron chi connectivity index (χ2n) is 4.49. The summed E-state index contributed by atoms with van der Waals surface area (Å²) in [7, 11) is 0. The zero-order valence-corrected chi connectivity index (χ0v) is 9.53. The van der Waals surface area contributed by atoms with Crippen LogP contribution in [0.1, 0.15) is 13.8 Å². The molecule has 0 aromatic heterocycles. The van der Waals surface area contributed by atoms with E-state index in [-0.39, 0.29) is 25.1 Å². The van der Waals surface area contributed by atoms with Gasteiger partial charge in [-0.15, -0.1) is 0 Å². The molecule has 3 unspecified atom stereocenters. The Morgan fingerprint density at radius 1 is 1.69 bits per heavy atom. The van der Waals surface area contributed by atoms with Gasteiger partial charge in [-0.05, 0) is 6.92 Å². The third-order valence-corrected chi connectivity index (χ3v) is 3.03. The molecule has 0 radical (unpaired) electrons. The second-order valence-corrected chi connectivity index (χ2v) is 4.49. The van der Waals surface area contributed by atoms with Gasteiger partial charge in [0.2, 0.25) is 5.91 Å². The van der Waals surface area contributed by atoms with Crippen molar-refractivity contribution >= 4 is 11.9 Å². The van der Waals surface area contributed by atoms with Crippen molar-refractivity contribution in [1.29, 1.82) is 0 Å². The number of ether oxygens (including phenoxy) is 1. The van der Waals surface area contributed by atoms with Crippen molar-refractivity contribution in [1.82, 2.24) is 5.32 Å². The number of rotatable bonds is 4. The molecule has 1 aliphatic heterocycles. The molecule has 0 bridgehead atoms. The predicted molar refractivity (Wildman–Crippen MR) is 56.7 cm³/mol. The van der Waals surface area contributed by atoms with Gasteiger partial charge < -0.3 is 20.9 Å². The molecule has 0 saturated carbocycles. The van der Waals surface area contributed by atoms with Gasteiger partial charge in [-0.25, -0.2) is 0 Å². The molecule has 0 spiro atoms. The number of carboxylic acid groups (broad SMARTS) is 1. The molecule has 92 valence electrons. The van der Waals surface area contributed by atoms with E-state index in [4.69, 9.17) is 15.6 Å². The van der Waals surface area contributed by atoms with E-state index in [0.29, 0.717) is 6.61 Å². The number of amides is 1. The molecule has 6 heteroatoms. The number of carbonyl (C=O) groups is 2. The van der Waals surface area contributed by atoms with E-state index in [2.05, 4.69) is 5.32 Å². The number of hydrogen-bond acceptors (Lipinski definition) is 4. The molecule has 1 heterocycles. The molecule has 4 N–H and O–H groups in total. The first-order valence-electron chi connectivity index (χ1n) is 5.22. The van der Waals surface area contributed by atoms with Gasteiger partial charge in [0.05, 0.1) is 24.5 Å². The number of nitrogens with two attached hydrogens (primary N) is 1. The quantitative estimate of drug-likeness (QED) is 0.586. The molecule has 1 rings (SSSR count). The molecule has 0 aromatic carbocycles. The highest BCUT2D eigenvalue weighted by atomic mass is 16.5. The monoisotopic (exact) mass is 230 g/mol. The number of nitrogens with one attached hydrogen (secondary N) is 1. The van der Waals surface area contributed by atoms with Crippen LogP contribution in [0.15, 0.2) is 0 Å². The summed E-state index contributed by atoms with van der Waals surface area (Å²) in [4.78, 5) is 22.4. The molecular formula is C10H18N2O4. The van der Waals surface area contributed by atoms with Crippen LogP contribution in [0.4, 0.5) is 0 Å². The Hall–Kier alpha value is -1.14. The molecule has 6 nitrogen and oxygen atoms in total. The van der Waals surface area contributed by atoms with Crippen molar-refractivity contribution in [3.05, 3.63) is 0 Å². The number of carboxylic acids is 1. The Morgan fingerprint density at radius 3 is 2.75 bits per heavy atom.